The minimum atomic E-state index is -0.419. The second-order valence-corrected chi connectivity index (χ2v) is 6.62. The highest BCUT2D eigenvalue weighted by molar-refractivity contribution is 5.78. The Morgan fingerprint density at radius 3 is 2.46 bits per heavy atom. The van der Waals surface area contributed by atoms with Crippen molar-refractivity contribution in [1.82, 2.24) is 5.32 Å². The molecule has 0 spiro atoms. The number of hydrogen-bond acceptors (Lipinski definition) is 5. The van der Waals surface area contributed by atoms with E-state index in [-0.39, 0.29) is 36.2 Å². The molecule has 0 atom stereocenters. The minimum absolute atomic E-state index is 0.0161. The zero-order valence-corrected chi connectivity index (χ0v) is 14.1. The number of hydrogen-bond donors (Lipinski definition) is 3. The van der Waals surface area contributed by atoms with Gasteiger partial charge in [-0.3, -0.25) is 14.9 Å². The molecule has 1 aromatic carbocycles. The van der Waals surface area contributed by atoms with Gasteiger partial charge in [0.25, 0.3) is 5.69 Å². The summed E-state index contributed by atoms with van der Waals surface area (Å²) < 4.78 is 0. The van der Waals surface area contributed by atoms with E-state index in [0.717, 1.165) is 25.7 Å². The quantitative estimate of drug-likeness (QED) is 0.547. The van der Waals surface area contributed by atoms with E-state index in [1.54, 1.807) is 12.1 Å². The average Bonchev–Trinajstić information content (AvgIpc) is 2.56. The Bertz CT molecular complexity index is 595. The van der Waals surface area contributed by atoms with E-state index in [4.69, 9.17) is 0 Å². The normalized spacial score (nSPS) is 20.7. The maximum Gasteiger partial charge on any atom is 0.292 e. The van der Waals surface area contributed by atoms with Gasteiger partial charge in [-0.1, -0.05) is 13.8 Å². The van der Waals surface area contributed by atoms with Gasteiger partial charge in [0.15, 0.2) is 0 Å². The largest absolute Gasteiger partial charge is 0.392 e. The summed E-state index contributed by atoms with van der Waals surface area (Å²) in [5.41, 5.74) is 1.10. The predicted molar refractivity (Wildman–Crippen MR) is 91.7 cm³/mol. The molecule has 1 aliphatic rings. The van der Waals surface area contributed by atoms with E-state index >= 15 is 0 Å². The highest BCUT2D eigenvalue weighted by Crippen LogP contribution is 2.29. The van der Waals surface area contributed by atoms with Crippen LogP contribution in [-0.2, 0) is 11.4 Å². The molecule has 0 aliphatic heterocycles. The topological polar surface area (TPSA) is 104 Å². The summed E-state index contributed by atoms with van der Waals surface area (Å²) in [6.07, 6.45) is 3.38. The summed E-state index contributed by atoms with van der Waals surface area (Å²) in [4.78, 5) is 22.5. The van der Waals surface area contributed by atoms with Crippen LogP contribution in [0.2, 0.25) is 0 Å². The first-order valence-electron chi connectivity index (χ1n) is 8.35. The standard InChI is InChI=1S/C17H25N3O4/c1-11(2)17(22)19-14-6-4-13(5-7-14)18-15-9-12(10-21)3-8-16(15)20(23)24/h3,8-9,11,13-14,18,21H,4-7,10H2,1-2H3,(H,19,22). The first kappa shape index (κ1) is 18.2. The Kier molecular flexibility index (Phi) is 6.14. The number of benzene rings is 1. The van der Waals surface area contributed by atoms with Gasteiger partial charge in [0.05, 0.1) is 11.5 Å². The number of rotatable bonds is 6. The Balaban J connectivity index is 1.96. The second-order valence-electron chi connectivity index (χ2n) is 6.62. The van der Waals surface area contributed by atoms with E-state index in [9.17, 15) is 20.0 Å². The number of carbonyl (C=O) groups is 1. The van der Waals surface area contributed by atoms with Gasteiger partial charge < -0.3 is 15.7 Å². The van der Waals surface area contributed by atoms with Crippen molar-refractivity contribution in [3.8, 4) is 0 Å². The van der Waals surface area contributed by atoms with Crippen molar-refractivity contribution in [2.75, 3.05) is 5.32 Å². The van der Waals surface area contributed by atoms with Crippen LogP contribution in [0.25, 0.3) is 0 Å². The van der Waals surface area contributed by atoms with Crippen LogP contribution in [0, 0.1) is 16.0 Å². The Morgan fingerprint density at radius 1 is 1.29 bits per heavy atom. The van der Waals surface area contributed by atoms with Crippen molar-refractivity contribution in [1.29, 1.82) is 0 Å². The molecule has 1 aromatic rings. The molecule has 7 heteroatoms. The molecular formula is C17H25N3O4. The Hall–Kier alpha value is -2.15. The monoisotopic (exact) mass is 335 g/mol. The third-order valence-electron chi connectivity index (χ3n) is 4.40. The minimum Gasteiger partial charge on any atom is -0.392 e. The fraction of sp³-hybridized carbons (Fsp3) is 0.588. The highest BCUT2D eigenvalue weighted by atomic mass is 16.6. The molecule has 1 amide bonds. The van der Waals surface area contributed by atoms with Crippen LogP contribution in [0.4, 0.5) is 11.4 Å². The Morgan fingerprint density at radius 2 is 1.92 bits per heavy atom. The van der Waals surface area contributed by atoms with Crippen LogP contribution in [-0.4, -0.2) is 28.0 Å². The lowest BCUT2D eigenvalue weighted by molar-refractivity contribution is -0.384. The molecule has 0 aromatic heterocycles. The molecule has 0 saturated heterocycles. The SMILES string of the molecule is CC(C)C(=O)NC1CCC(Nc2cc(CO)ccc2[N+](=O)[O-])CC1. The number of carbonyl (C=O) groups excluding carboxylic acids is 1. The summed E-state index contributed by atoms with van der Waals surface area (Å²) in [6.45, 7) is 3.59. The van der Waals surface area contributed by atoms with E-state index in [1.807, 2.05) is 13.8 Å². The number of aliphatic hydroxyl groups excluding tert-OH is 1. The van der Waals surface area contributed by atoms with Crippen LogP contribution in [0.15, 0.2) is 18.2 Å². The number of nitro groups is 1. The van der Waals surface area contributed by atoms with Gasteiger partial charge in [-0.2, -0.15) is 0 Å². The lowest BCUT2D eigenvalue weighted by atomic mass is 9.90. The molecule has 1 saturated carbocycles. The average molecular weight is 335 g/mol. The summed E-state index contributed by atoms with van der Waals surface area (Å²) in [6, 6.07) is 4.91. The number of amides is 1. The van der Waals surface area contributed by atoms with E-state index in [0.29, 0.717) is 11.3 Å². The third-order valence-corrected chi connectivity index (χ3v) is 4.40. The van der Waals surface area contributed by atoms with Crippen molar-refractivity contribution in [2.24, 2.45) is 5.92 Å². The van der Waals surface area contributed by atoms with Gasteiger partial charge in [-0.25, -0.2) is 0 Å². The van der Waals surface area contributed by atoms with Crippen LogP contribution < -0.4 is 10.6 Å². The molecule has 0 unspecified atom stereocenters. The summed E-state index contributed by atoms with van der Waals surface area (Å²) >= 11 is 0. The lowest BCUT2D eigenvalue weighted by Crippen LogP contribution is -2.41. The molecule has 132 valence electrons. The van der Waals surface area contributed by atoms with Crippen LogP contribution in [0.5, 0.6) is 0 Å². The second kappa shape index (κ2) is 8.10. The molecule has 1 aliphatic carbocycles. The Labute approximate surface area is 141 Å². The number of nitrogens with zero attached hydrogens (tertiary/aromatic N) is 1. The van der Waals surface area contributed by atoms with Gasteiger partial charge in [0.2, 0.25) is 5.91 Å². The molecule has 0 heterocycles. The molecule has 0 bridgehead atoms. The van der Waals surface area contributed by atoms with Crippen molar-refractivity contribution in [2.45, 2.75) is 58.2 Å². The van der Waals surface area contributed by atoms with E-state index in [2.05, 4.69) is 10.6 Å². The number of anilines is 1. The van der Waals surface area contributed by atoms with Gasteiger partial charge in [-0.05, 0) is 43.4 Å². The van der Waals surface area contributed by atoms with Gasteiger partial charge in [0, 0.05) is 24.1 Å². The smallest absolute Gasteiger partial charge is 0.292 e. The zero-order chi connectivity index (χ0) is 17.7. The van der Waals surface area contributed by atoms with Crippen molar-refractivity contribution < 1.29 is 14.8 Å². The zero-order valence-electron chi connectivity index (χ0n) is 14.1. The summed E-state index contributed by atoms with van der Waals surface area (Å²) in [5, 5.41) is 26.7. The van der Waals surface area contributed by atoms with E-state index in [1.165, 1.54) is 6.07 Å². The van der Waals surface area contributed by atoms with Gasteiger partial charge in [0.1, 0.15) is 5.69 Å². The van der Waals surface area contributed by atoms with Crippen LogP contribution >= 0.6 is 0 Å². The van der Waals surface area contributed by atoms with Crippen LogP contribution in [0.1, 0.15) is 45.1 Å². The first-order valence-corrected chi connectivity index (χ1v) is 8.35. The molecule has 0 radical (unpaired) electrons. The molecular weight excluding hydrogens is 310 g/mol. The third kappa shape index (κ3) is 4.67. The summed E-state index contributed by atoms with van der Waals surface area (Å²) in [7, 11) is 0. The number of nitro benzene ring substituents is 1. The van der Waals surface area contributed by atoms with Gasteiger partial charge in [-0.15, -0.1) is 0 Å². The fourth-order valence-corrected chi connectivity index (χ4v) is 2.93. The highest BCUT2D eigenvalue weighted by Gasteiger charge is 2.25. The molecule has 24 heavy (non-hydrogen) atoms. The van der Waals surface area contributed by atoms with Crippen molar-refractivity contribution >= 4 is 17.3 Å². The van der Waals surface area contributed by atoms with Crippen molar-refractivity contribution in [3.63, 3.8) is 0 Å². The maximum absolute atomic E-state index is 11.7. The fourth-order valence-electron chi connectivity index (χ4n) is 2.93. The number of aliphatic hydroxyl groups is 1. The summed E-state index contributed by atoms with van der Waals surface area (Å²) in [5.74, 6) is 0.0439. The maximum atomic E-state index is 11.7. The van der Waals surface area contributed by atoms with Gasteiger partial charge >= 0.3 is 0 Å². The van der Waals surface area contributed by atoms with Crippen molar-refractivity contribution in [3.05, 3.63) is 33.9 Å². The van der Waals surface area contributed by atoms with E-state index < -0.39 is 4.92 Å². The predicted octanol–water partition coefficient (Wildman–Crippen LogP) is 2.58. The lowest BCUT2D eigenvalue weighted by Gasteiger charge is -2.30. The molecule has 2 rings (SSSR count). The molecule has 1 fully saturated rings. The van der Waals surface area contributed by atoms with Crippen LogP contribution in [0.3, 0.4) is 0 Å². The number of nitrogens with one attached hydrogen (secondary N) is 2. The molecule has 3 N–H and O–H groups in total. The first-order chi connectivity index (χ1) is 11.4. The molecule has 7 nitrogen and oxygen atoms in total.